The Bertz CT molecular complexity index is 1010. The van der Waals surface area contributed by atoms with Crippen molar-refractivity contribution in [2.45, 2.75) is 71.0 Å². The first-order valence-electron chi connectivity index (χ1n) is 10.8. The van der Waals surface area contributed by atoms with Crippen molar-refractivity contribution in [1.29, 1.82) is 0 Å². The standard InChI is InChI=1S/C23H28N4OS/c1-15-5-7-17(8-6-15)27(18-9-10-18)23(28)20-12-16(2)25-22-21(20)13-24-26(22)14-19-4-3-11-29-19/h3-4,11-13,15,17-18H,5-10,14H2,1-2H3. The fourth-order valence-electron chi connectivity index (χ4n) is 4.66. The molecule has 0 N–H and O–H groups in total. The van der Waals surface area contributed by atoms with Crippen molar-refractivity contribution in [2.75, 3.05) is 0 Å². The lowest BCUT2D eigenvalue weighted by atomic mass is 9.86. The maximum atomic E-state index is 13.8. The minimum Gasteiger partial charge on any atom is -0.333 e. The first-order chi connectivity index (χ1) is 14.1. The van der Waals surface area contributed by atoms with Gasteiger partial charge >= 0.3 is 0 Å². The Balaban J connectivity index is 1.50. The van der Waals surface area contributed by atoms with Crippen LogP contribution >= 0.6 is 11.3 Å². The lowest BCUT2D eigenvalue weighted by molar-refractivity contribution is 0.0595. The predicted octanol–water partition coefficient (Wildman–Crippen LogP) is 5.03. The molecule has 0 saturated heterocycles. The molecule has 5 nitrogen and oxygen atoms in total. The maximum Gasteiger partial charge on any atom is 0.255 e. The molecule has 0 radical (unpaired) electrons. The molecule has 2 saturated carbocycles. The van der Waals surface area contributed by atoms with Crippen LogP contribution < -0.4 is 0 Å². The van der Waals surface area contributed by atoms with E-state index in [0.29, 0.717) is 18.6 Å². The largest absolute Gasteiger partial charge is 0.333 e. The lowest BCUT2D eigenvalue weighted by Gasteiger charge is -2.36. The highest BCUT2D eigenvalue weighted by Crippen LogP contribution is 2.37. The van der Waals surface area contributed by atoms with E-state index in [2.05, 4.69) is 34.4 Å². The average Bonchev–Trinajstić information content (AvgIpc) is 3.25. The SMILES string of the molecule is Cc1cc(C(=O)N(C2CCC(C)CC2)C2CC2)c2cnn(Cc3cccs3)c2n1. The van der Waals surface area contributed by atoms with Crippen LogP contribution in [-0.4, -0.2) is 37.7 Å². The number of pyridine rings is 1. The van der Waals surface area contributed by atoms with Crippen LogP contribution in [0.1, 0.15) is 66.4 Å². The van der Waals surface area contributed by atoms with Crippen molar-refractivity contribution in [1.82, 2.24) is 19.7 Å². The van der Waals surface area contributed by atoms with Gasteiger partial charge in [0.2, 0.25) is 0 Å². The molecule has 2 fully saturated rings. The molecule has 152 valence electrons. The Morgan fingerprint density at radius 1 is 1.21 bits per heavy atom. The molecular formula is C23H28N4OS. The number of carbonyl (C=O) groups excluding carboxylic acids is 1. The number of fused-ring (bicyclic) bond motifs is 1. The van der Waals surface area contributed by atoms with Gasteiger partial charge in [0.15, 0.2) is 5.65 Å². The number of aryl methyl sites for hydroxylation is 1. The first-order valence-corrected chi connectivity index (χ1v) is 11.7. The molecular weight excluding hydrogens is 380 g/mol. The predicted molar refractivity (Wildman–Crippen MR) is 116 cm³/mol. The van der Waals surface area contributed by atoms with Crippen LogP contribution in [0.3, 0.4) is 0 Å². The minimum absolute atomic E-state index is 0.179. The van der Waals surface area contributed by atoms with E-state index >= 15 is 0 Å². The van der Waals surface area contributed by atoms with Gasteiger partial charge in [0, 0.05) is 22.7 Å². The van der Waals surface area contributed by atoms with Crippen molar-refractivity contribution in [3.05, 3.63) is 45.9 Å². The summed E-state index contributed by atoms with van der Waals surface area (Å²) in [5.74, 6) is 0.964. The molecule has 3 aromatic rings. The third kappa shape index (κ3) is 3.70. The Labute approximate surface area is 175 Å². The first kappa shape index (κ1) is 18.8. The van der Waals surface area contributed by atoms with Gasteiger partial charge in [0.1, 0.15) is 0 Å². The highest BCUT2D eigenvalue weighted by molar-refractivity contribution is 7.09. The molecule has 2 aliphatic carbocycles. The topological polar surface area (TPSA) is 51.0 Å². The Hall–Kier alpha value is -2.21. The third-order valence-corrected chi connectivity index (χ3v) is 7.27. The zero-order chi connectivity index (χ0) is 20.0. The summed E-state index contributed by atoms with van der Waals surface area (Å²) in [7, 11) is 0. The molecule has 0 unspecified atom stereocenters. The second kappa shape index (κ2) is 7.56. The smallest absolute Gasteiger partial charge is 0.255 e. The van der Waals surface area contributed by atoms with E-state index in [1.54, 1.807) is 11.3 Å². The van der Waals surface area contributed by atoms with Crippen LogP contribution in [0.25, 0.3) is 11.0 Å². The van der Waals surface area contributed by atoms with Gasteiger partial charge in [0.05, 0.1) is 23.7 Å². The van der Waals surface area contributed by atoms with E-state index in [9.17, 15) is 4.79 Å². The zero-order valence-electron chi connectivity index (χ0n) is 17.2. The molecule has 0 bridgehead atoms. The monoisotopic (exact) mass is 408 g/mol. The molecule has 6 heteroatoms. The minimum atomic E-state index is 0.179. The number of amides is 1. The van der Waals surface area contributed by atoms with Crippen LogP contribution in [0.2, 0.25) is 0 Å². The number of nitrogens with zero attached hydrogens (tertiary/aromatic N) is 4. The summed E-state index contributed by atoms with van der Waals surface area (Å²) in [5.41, 5.74) is 2.46. The molecule has 0 spiro atoms. The van der Waals surface area contributed by atoms with E-state index in [0.717, 1.165) is 53.9 Å². The van der Waals surface area contributed by atoms with Crippen molar-refractivity contribution in [3.8, 4) is 0 Å². The summed E-state index contributed by atoms with van der Waals surface area (Å²) in [6.45, 7) is 5.00. The fourth-order valence-corrected chi connectivity index (χ4v) is 5.34. The summed E-state index contributed by atoms with van der Waals surface area (Å²) in [5, 5.41) is 7.54. The molecule has 29 heavy (non-hydrogen) atoms. The maximum absolute atomic E-state index is 13.8. The van der Waals surface area contributed by atoms with Crippen LogP contribution in [-0.2, 0) is 6.54 Å². The molecule has 3 aromatic heterocycles. The van der Waals surface area contributed by atoms with Gasteiger partial charge in [-0.2, -0.15) is 5.10 Å². The van der Waals surface area contributed by atoms with Gasteiger partial charge in [-0.05, 0) is 68.9 Å². The summed E-state index contributed by atoms with van der Waals surface area (Å²) >= 11 is 1.72. The van der Waals surface area contributed by atoms with E-state index in [4.69, 9.17) is 4.98 Å². The van der Waals surface area contributed by atoms with E-state index < -0.39 is 0 Å². The van der Waals surface area contributed by atoms with Gasteiger partial charge in [-0.15, -0.1) is 11.3 Å². The Morgan fingerprint density at radius 2 is 1.93 bits per heavy atom. The summed E-state index contributed by atoms with van der Waals surface area (Å²) in [4.78, 5) is 22.0. The third-order valence-electron chi connectivity index (χ3n) is 6.41. The number of hydrogen-bond acceptors (Lipinski definition) is 4. The van der Waals surface area contributed by atoms with Gasteiger partial charge in [-0.3, -0.25) is 4.79 Å². The Kier molecular flexibility index (Phi) is 4.90. The quantitative estimate of drug-likeness (QED) is 0.595. The van der Waals surface area contributed by atoms with Crippen LogP contribution in [0.5, 0.6) is 0 Å². The van der Waals surface area contributed by atoms with Crippen molar-refractivity contribution in [3.63, 3.8) is 0 Å². The van der Waals surface area contributed by atoms with Gasteiger partial charge in [-0.1, -0.05) is 13.0 Å². The van der Waals surface area contributed by atoms with Crippen LogP contribution in [0, 0.1) is 12.8 Å². The zero-order valence-corrected chi connectivity index (χ0v) is 18.0. The van der Waals surface area contributed by atoms with Gasteiger partial charge in [0.25, 0.3) is 5.91 Å². The molecule has 3 heterocycles. The van der Waals surface area contributed by atoms with Crippen LogP contribution in [0.4, 0.5) is 0 Å². The van der Waals surface area contributed by atoms with E-state index in [1.165, 1.54) is 17.7 Å². The highest BCUT2D eigenvalue weighted by Gasteiger charge is 2.39. The highest BCUT2D eigenvalue weighted by atomic mass is 32.1. The van der Waals surface area contributed by atoms with Crippen molar-refractivity contribution in [2.24, 2.45) is 5.92 Å². The molecule has 5 rings (SSSR count). The lowest BCUT2D eigenvalue weighted by Crippen LogP contribution is -2.43. The number of carbonyl (C=O) groups is 1. The number of hydrogen-bond donors (Lipinski definition) is 0. The van der Waals surface area contributed by atoms with E-state index in [-0.39, 0.29) is 5.91 Å². The van der Waals surface area contributed by atoms with Gasteiger partial charge < -0.3 is 4.90 Å². The molecule has 2 aliphatic rings. The number of rotatable bonds is 5. The van der Waals surface area contributed by atoms with Crippen molar-refractivity contribution >= 4 is 28.3 Å². The number of thiophene rings is 1. The fraction of sp³-hybridized carbons (Fsp3) is 0.522. The van der Waals surface area contributed by atoms with E-state index in [1.807, 2.05) is 23.9 Å². The summed E-state index contributed by atoms with van der Waals surface area (Å²) < 4.78 is 1.93. The second-order valence-corrected chi connectivity index (χ2v) is 9.82. The molecule has 0 aromatic carbocycles. The number of aromatic nitrogens is 3. The molecule has 0 atom stereocenters. The summed E-state index contributed by atoms with van der Waals surface area (Å²) in [6, 6.07) is 6.93. The Morgan fingerprint density at radius 3 is 2.59 bits per heavy atom. The average molecular weight is 409 g/mol. The molecule has 1 amide bonds. The normalized spacial score (nSPS) is 22.1. The summed E-state index contributed by atoms with van der Waals surface area (Å²) in [6.07, 6.45) is 8.83. The van der Waals surface area contributed by atoms with Crippen molar-refractivity contribution < 1.29 is 4.79 Å². The van der Waals surface area contributed by atoms with Crippen LogP contribution in [0.15, 0.2) is 29.8 Å². The molecule has 0 aliphatic heterocycles. The van der Waals surface area contributed by atoms with Gasteiger partial charge in [-0.25, -0.2) is 9.67 Å². The second-order valence-electron chi connectivity index (χ2n) is 8.79.